The van der Waals surface area contributed by atoms with Gasteiger partial charge in [0.1, 0.15) is 11.4 Å². The molecule has 172 valence electrons. The van der Waals surface area contributed by atoms with Crippen molar-refractivity contribution in [3.05, 3.63) is 83.4 Å². The molecule has 2 amide bonds. The molecule has 7 heteroatoms. The third-order valence-electron chi connectivity index (χ3n) is 6.21. The average Bonchev–Trinajstić information content (AvgIpc) is 3.54. The first kappa shape index (κ1) is 20.5. The van der Waals surface area contributed by atoms with E-state index in [1.807, 2.05) is 66.7 Å². The van der Waals surface area contributed by atoms with Gasteiger partial charge in [0.25, 0.3) is 0 Å². The number of nitrogens with one attached hydrogen (secondary N) is 2. The molecule has 0 saturated carbocycles. The van der Waals surface area contributed by atoms with Gasteiger partial charge in [-0.25, -0.2) is 9.80 Å². The van der Waals surface area contributed by atoms with Crippen LogP contribution in [0.4, 0.5) is 10.5 Å². The van der Waals surface area contributed by atoms with E-state index in [0.717, 1.165) is 51.6 Å². The summed E-state index contributed by atoms with van der Waals surface area (Å²) in [5, 5.41) is 4.62. The summed E-state index contributed by atoms with van der Waals surface area (Å²) in [6.07, 6.45) is 0.808. The highest BCUT2D eigenvalue weighted by Crippen LogP contribution is 2.39. The lowest BCUT2D eigenvalue weighted by atomic mass is 10.0. The van der Waals surface area contributed by atoms with Gasteiger partial charge in [-0.15, -0.1) is 0 Å². The number of nitrogens with zero attached hydrogens (tertiary/aromatic N) is 1. The lowest BCUT2D eigenvalue weighted by molar-refractivity contribution is 0.138. The van der Waals surface area contributed by atoms with Gasteiger partial charge in [-0.05, 0) is 55.3 Å². The van der Waals surface area contributed by atoms with Gasteiger partial charge in [0.2, 0.25) is 6.79 Å². The smallest absolute Gasteiger partial charge is 0.340 e. The number of benzene rings is 3. The second-order valence-corrected chi connectivity index (χ2v) is 9.28. The fourth-order valence-corrected chi connectivity index (χ4v) is 4.64. The molecule has 6 rings (SSSR count). The van der Waals surface area contributed by atoms with Crippen LogP contribution in [0.25, 0.3) is 11.3 Å². The van der Waals surface area contributed by atoms with Crippen molar-refractivity contribution < 1.29 is 19.0 Å². The second-order valence-electron chi connectivity index (χ2n) is 9.28. The van der Waals surface area contributed by atoms with E-state index >= 15 is 0 Å². The van der Waals surface area contributed by atoms with Crippen molar-refractivity contribution in [3.8, 4) is 17.2 Å². The molecule has 0 unspecified atom stereocenters. The monoisotopic (exact) mass is 455 g/mol. The summed E-state index contributed by atoms with van der Waals surface area (Å²) < 4.78 is 17.0. The maximum absolute atomic E-state index is 13.2. The van der Waals surface area contributed by atoms with Gasteiger partial charge >= 0.3 is 6.03 Å². The molecular weight excluding hydrogens is 430 g/mol. The number of fused-ring (bicyclic) bond motifs is 2. The minimum absolute atomic E-state index is 0.221. The predicted octanol–water partition coefficient (Wildman–Crippen LogP) is 5.05. The molecule has 0 atom stereocenters. The second kappa shape index (κ2) is 7.73. The molecule has 3 aromatic rings. The van der Waals surface area contributed by atoms with Crippen LogP contribution in [0.1, 0.15) is 30.5 Å². The van der Waals surface area contributed by atoms with Crippen LogP contribution in [0, 0.1) is 0 Å². The maximum atomic E-state index is 13.2. The van der Waals surface area contributed by atoms with Crippen molar-refractivity contribution >= 4 is 23.0 Å². The van der Waals surface area contributed by atoms with Gasteiger partial charge in [0.05, 0.1) is 12.2 Å². The van der Waals surface area contributed by atoms with Crippen LogP contribution in [0.15, 0.2) is 66.7 Å². The van der Waals surface area contributed by atoms with Gasteiger partial charge in [-0.1, -0.05) is 36.4 Å². The number of urea groups is 1. The number of hydrazine groups is 1. The summed E-state index contributed by atoms with van der Waals surface area (Å²) in [6, 6.07) is 21.4. The standard InChI is InChI=1S/C27H25N3O4/c1-27(2)14-19-12-20(9-11-22(19)34-27)28-26(31)30-15-21(25(29-30)17-6-4-3-5-7-17)18-8-10-23-24(13-18)33-16-32-23/h3-13,29H,14-16H2,1-2H3,(H,28,31). The van der Waals surface area contributed by atoms with Crippen LogP contribution in [0.5, 0.6) is 17.2 Å². The predicted molar refractivity (Wildman–Crippen MR) is 130 cm³/mol. The lowest BCUT2D eigenvalue weighted by Crippen LogP contribution is -2.40. The first-order valence-electron chi connectivity index (χ1n) is 11.3. The zero-order chi connectivity index (χ0) is 23.3. The van der Waals surface area contributed by atoms with E-state index in [2.05, 4.69) is 24.6 Å². The minimum Gasteiger partial charge on any atom is -0.487 e. The maximum Gasteiger partial charge on any atom is 0.340 e. The number of rotatable bonds is 3. The molecule has 0 spiro atoms. The quantitative estimate of drug-likeness (QED) is 0.578. The van der Waals surface area contributed by atoms with E-state index in [1.165, 1.54) is 0 Å². The van der Waals surface area contributed by atoms with E-state index in [4.69, 9.17) is 14.2 Å². The van der Waals surface area contributed by atoms with E-state index in [1.54, 1.807) is 5.01 Å². The highest BCUT2D eigenvalue weighted by Gasteiger charge is 2.31. The van der Waals surface area contributed by atoms with Crippen molar-refractivity contribution in [2.75, 3.05) is 18.7 Å². The Kier molecular flexibility index (Phi) is 4.65. The Labute approximate surface area is 197 Å². The van der Waals surface area contributed by atoms with Gasteiger partial charge in [-0.2, -0.15) is 0 Å². The summed E-state index contributed by atoms with van der Waals surface area (Å²) in [5.74, 6) is 2.32. The number of hydrogen-bond acceptors (Lipinski definition) is 5. The number of hydrogen-bond donors (Lipinski definition) is 2. The van der Waals surface area contributed by atoms with Crippen molar-refractivity contribution in [2.45, 2.75) is 25.9 Å². The Bertz CT molecular complexity index is 1320. The number of anilines is 1. The zero-order valence-corrected chi connectivity index (χ0v) is 19.1. The molecule has 0 saturated heterocycles. The Morgan fingerprint density at radius 2 is 1.74 bits per heavy atom. The largest absolute Gasteiger partial charge is 0.487 e. The third kappa shape index (κ3) is 3.69. The van der Waals surface area contributed by atoms with E-state index in [0.29, 0.717) is 12.3 Å². The van der Waals surface area contributed by atoms with Crippen molar-refractivity contribution in [1.29, 1.82) is 0 Å². The molecule has 0 fully saturated rings. The lowest BCUT2D eigenvalue weighted by Gasteiger charge is -2.19. The molecule has 2 N–H and O–H groups in total. The molecule has 0 aliphatic carbocycles. The number of carbonyl (C=O) groups is 1. The first-order chi connectivity index (χ1) is 16.4. The fraction of sp³-hybridized carbons (Fsp3) is 0.222. The number of amides is 2. The van der Waals surface area contributed by atoms with Crippen LogP contribution in [0.3, 0.4) is 0 Å². The van der Waals surface area contributed by atoms with Crippen molar-refractivity contribution in [3.63, 3.8) is 0 Å². The van der Waals surface area contributed by atoms with E-state index in [-0.39, 0.29) is 18.4 Å². The average molecular weight is 456 g/mol. The Morgan fingerprint density at radius 3 is 2.59 bits per heavy atom. The van der Waals surface area contributed by atoms with Crippen LogP contribution in [-0.4, -0.2) is 30.0 Å². The summed E-state index contributed by atoms with van der Waals surface area (Å²) in [7, 11) is 0. The van der Waals surface area contributed by atoms with Gasteiger partial charge < -0.3 is 19.5 Å². The van der Waals surface area contributed by atoms with Gasteiger partial charge in [-0.3, -0.25) is 5.43 Å². The first-order valence-corrected chi connectivity index (χ1v) is 11.3. The zero-order valence-electron chi connectivity index (χ0n) is 19.1. The summed E-state index contributed by atoms with van der Waals surface area (Å²) in [4.78, 5) is 13.2. The molecule has 0 bridgehead atoms. The molecule has 0 aromatic heterocycles. The highest BCUT2D eigenvalue weighted by molar-refractivity contribution is 5.98. The van der Waals surface area contributed by atoms with Crippen LogP contribution < -0.4 is 25.0 Å². The Hall–Kier alpha value is -4.13. The summed E-state index contributed by atoms with van der Waals surface area (Å²) >= 11 is 0. The molecule has 7 nitrogen and oxygen atoms in total. The third-order valence-corrected chi connectivity index (χ3v) is 6.21. The van der Waals surface area contributed by atoms with Gasteiger partial charge in [0.15, 0.2) is 11.5 Å². The Morgan fingerprint density at radius 1 is 0.941 bits per heavy atom. The van der Waals surface area contributed by atoms with E-state index in [9.17, 15) is 4.79 Å². The van der Waals surface area contributed by atoms with Crippen LogP contribution in [-0.2, 0) is 6.42 Å². The van der Waals surface area contributed by atoms with Crippen molar-refractivity contribution in [1.82, 2.24) is 10.4 Å². The van der Waals surface area contributed by atoms with Crippen LogP contribution in [0.2, 0.25) is 0 Å². The molecule has 34 heavy (non-hydrogen) atoms. The van der Waals surface area contributed by atoms with E-state index < -0.39 is 0 Å². The number of carbonyl (C=O) groups excluding carboxylic acids is 1. The normalized spacial score (nSPS) is 17.3. The van der Waals surface area contributed by atoms with Gasteiger partial charge in [0, 0.05) is 23.2 Å². The SMILES string of the molecule is CC1(C)Cc2cc(NC(=O)N3CC(c4ccc5c(c4)OCO5)=C(c4ccccc4)N3)ccc2O1. The summed E-state index contributed by atoms with van der Waals surface area (Å²) in [6.45, 7) is 4.75. The van der Waals surface area contributed by atoms with Crippen molar-refractivity contribution in [2.24, 2.45) is 0 Å². The van der Waals surface area contributed by atoms with Crippen LogP contribution >= 0.6 is 0 Å². The topological polar surface area (TPSA) is 72.1 Å². The highest BCUT2D eigenvalue weighted by atomic mass is 16.7. The molecule has 3 aliphatic rings. The summed E-state index contributed by atoms with van der Waals surface area (Å²) in [5.41, 5.74) is 8.79. The fourth-order valence-electron chi connectivity index (χ4n) is 4.64. The Balaban J connectivity index is 1.26. The molecule has 3 aliphatic heterocycles. The molecule has 3 aromatic carbocycles. The molecule has 0 radical (unpaired) electrons. The molecule has 3 heterocycles. The molecular formula is C27H25N3O4. The minimum atomic E-state index is -0.234. The number of ether oxygens (including phenoxy) is 3.